The lowest BCUT2D eigenvalue weighted by Crippen LogP contribution is -2.50. The van der Waals surface area contributed by atoms with E-state index in [9.17, 15) is 4.79 Å². The van der Waals surface area contributed by atoms with Crippen molar-refractivity contribution in [1.82, 2.24) is 9.88 Å². The molecule has 2 heterocycles. The summed E-state index contributed by atoms with van der Waals surface area (Å²) in [5.41, 5.74) is 5.47. The molecule has 7 heteroatoms. The summed E-state index contributed by atoms with van der Waals surface area (Å²) in [6.45, 7) is 5.66. The monoisotopic (exact) mass is 270 g/mol. The highest BCUT2D eigenvalue weighted by Crippen LogP contribution is 2.27. The molecule has 0 unspecified atom stereocenters. The van der Waals surface area contributed by atoms with E-state index in [0.717, 1.165) is 0 Å². The molecule has 18 heavy (non-hydrogen) atoms. The molecule has 1 aliphatic rings. The van der Waals surface area contributed by atoms with Crippen LogP contribution in [0.2, 0.25) is 0 Å². The Morgan fingerprint density at radius 2 is 2.33 bits per heavy atom. The molecule has 1 aliphatic heterocycles. The average Bonchev–Trinajstić information content (AvgIpc) is 2.68. The third kappa shape index (κ3) is 2.56. The molecule has 1 fully saturated rings. The maximum absolute atomic E-state index is 12.4. The summed E-state index contributed by atoms with van der Waals surface area (Å²) in [6, 6.07) is 0. The number of carbonyl (C=O) groups is 1. The van der Waals surface area contributed by atoms with Gasteiger partial charge < -0.3 is 20.7 Å². The zero-order valence-electron chi connectivity index (χ0n) is 10.8. The summed E-state index contributed by atoms with van der Waals surface area (Å²) in [4.78, 5) is 18.7. The topological polar surface area (TPSA) is 80.5 Å². The summed E-state index contributed by atoms with van der Waals surface area (Å²) in [7, 11) is 1.75. The predicted octanol–water partition coefficient (Wildman–Crippen LogP) is 1.02. The number of thiazole rings is 1. The van der Waals surface area contributed by atoms with E-state index in [2.05, 4.69) is 10.3 Å². The highest BCUT2D eigenvalue weighted by Gasteiger charge is 2.32. The molecule has 0 atom stereocenters. The Kier molecular flexibility index (Phi) is 3.45. The zero-order valence-corrected chi connectivity index (χ0v) is 11.6. The maximum Gasteiger partial charge on any atom is 0.268 e. The highest BCUT2D eigenvalue weighted by molar-refractivity contribution is 7.18. The number of morpholine rings is 1. The number of hydrogen-bond acceptors (Lipinski definition) is 6. The fourth-order valence-electron chi connectivity index (χ4n) is 1.93. The number of ether oxygens (including phenoxy) is 1. The van der Waals surface area contributed by atoms with Crippen LogP contribution in [0, 0.1) is 0 Å². The Morgan fingerprint density at radius 3 is 2.89 bits per heavy atom. The van der Waals surface area contributed by atoms with Crippen LogP contribution >= 0.6 is 11.3 Å². The first-order chi connectivity index (χ1) is 8.43. The Labute approximate surface area is 110 Å². The first-order valence-electron chi connectivity index (χ1n) is 5.80. The smallest absolute Gasteiger partial charge is 0.268 e. The molecule has 0 saturated carbocycles. The van der Waals surface area contributed by atoms with Gasteiger partial charge in [0, 0.05) is 20.1 Å². The summed E-state index contributed by atoms with van der Waals surface area (Å²) in [5, 5.41) is 3.55. The normalized spacial score (nSPS) is 18.7. The van der Waals surface area contributed by atoms with E-state index in [4.69, 9.17) is 10.5 Å². The van der Waals surface area contributed by atoms with Gasteiger partial charge in [0.1, 0.15) is 10.7 Å². The molecule has 6 nitrogen and oxygen atoms in total. The Hall–Kier alpha value is -1.34. The molecule has 0 radical (unpaired) electrons. The molecule has 1 saturated heterocycles. The molecular weight excluding hydrogens is 252 g/mol. The first kappa shape index (κ1) is 13.1. The van der Waals surface area contributed by atoms with Gasteiger partial charge in [-0.25, -0.2) is 4.98 Å². The van der Waals surface area contributed by atoms with Crippen LogP contribution in [0.15, 0.2) is 0 Å². The van der Waals surface area contributed by atoms with E-state index in [0.29, 0.717) is 35.5 Å². The lowest BCUT2D eigenvalue weighted by atomic mass is 10.1. The van der Waals surface area contributed by atoms with Crippen LogP contribution in [0.25, 0.3) is 0 Å². The number of rotatable bonds is 2. The van der Waals surface area contributed by atoms with Gasteiger partial charge >= 0.3 is 0 Å². The summed E-state index contributed by atoms with van der Waals surface area (Å²) < 4.78 is 5.59. The number of anilines is 2. The van der Waals surface area contributed by atoms with Crippen molar-refractivity contribution in [1.29, 1.82) is 0 Å². The van der Waals surface area contributed by atoms with Gasteiger partial charge in [-0.15, -0.1) is 0 Å². The fourth-order valence-corrected chi connectivity index (χ4v) is 2.73. The number of carbonyl (C=O) groups excluding carboxylic acids is 1. The maximum atomic E-state index is 12.4. The van der Waals surface area contributed by atoms with Gasteiger partial charge in [-0.3, -0.25) is 4.79 Å². The summed E-state index contributed by atoms with van der Waals surface area (Å²) in [6.07, 6.45) is 0. The molecule has 1 amide bonds. The minimum absolute atomic E-state index is 0.0668. The largest absolute Gasteiger partial charge is 0.382 e. The van der Waals surface area contributed by atoms with Crippen LogP contribution in [-0.2, 0) is 4.74 Å². The molecule has 100 valence electrons. The van der Waals surface area contributed by atoms with Gasteiger partial charge in [0.25, 0.3) is 5.91 Å². The van der Waals surface area contributed by atoms with Gasteiger partial charge in [-0.2, -0.15) is 0 Å². The Balaban J connectivity index is 2.17. The zero-order chi connectivity index (χ0) is 13.3. The number of nitrogens with zero attached hydrogens (tertiary/aromatic N) is 2. The van der Waals surface area contributed by atoms with E-state index >= 15 is 0 Å². The standard InChI is InChI=1S/C11H18N4O2S/c1-11(2)6-15(4-5-17-11)9(16)7-8(12)14-10(13-3)18-7/h4-6,12H2,1-3H3,(H,13,14). The van der Waals surface area contributed by atoms with Gasteiger partial charge in [-0.05, 0) is 13.8 Å². The minimum atomic E-state index is -0.306. The average molecular weight is 270 g/mol. The second kappa shape index (κ2) is 4.74. The van der Waals surface area contributed by atoms with Crippen molar-refractivity contribution in [3.05, 3.63) is 4.88 Å². The Morgan fingerprint density at radius 1 is 1.61 bits per heavy atom. The molecule has 3 N–H and O–H groups in total. The highest BCUT2D eigenvalue weighted by atomic mass is 32.1. The van der Waals surface area contributed by atoms with Gasteiger partial charge in [0.05, 0.1) is 12.2 Å². The predicted molar refractivity (Wildman–Crippen MR) is 72.0 cm³/mol. The van der Waals surface area contributed by atoms with Gasteiger partial charge in [-0.1, -0.05) is 11.3 Å². The lowest BCUT2D eigenvalue weighted by molar-refractivity contribution is -0.0762. The molecule has 1 aromatic rings. The van der Waals surface area contributed by atoms with Crippen molar-refractivity contribution in [2.24, 2.45) is 0 Å². The SMILES string of the molecule is CNc1nc(N)c(C(=O)N2CCOC(C)(C)C2)s1. The number of hydrogen-bond donors (Lipinski definition) is 2. The Bertz CT molecular complexity index is 458. The van der Waals surface area contributed by atoms with Gasteiger partial charge in [0.15, 0.2) is 5.13 Å². The van der Waals surface area contributed by atoms with E-state index in [1.807, 2.05) is 13.8 Å². The quantitative estimate of drug-likeness (QED) is 0.838. The number of nitrogen functional groups attached to an aromatic ring is 1. The molecule has 1 aromatic heterocycles. The number of amides is 1. The van der Waals surface area contributed by atoms with Crippen LogP contribution in [0.3, 0.4) is 0 Å². The summed E-state index contributed by atoms with van der Waals surface area (Å²) >= 11 is 1.28. The molecule has 0 bridgehead atoms. The van der Waals surface area contributed by atoms with Crippen LogP contribution in [0.4, 0.5) is 10.9 Å². The number of aromatic nitrogens is 1. The first-order valence-corrected chi connectivity index (χ1v) is 6.62. The van der Waals surface area contributed by atoms with Crippen LogP contribution in [0.5, 0.6) is 0 Å². The van der Waals surface area contributed by atoms with Gasteiger partial charge in [0.2, 0.25) is 0 Å². The molecule has 2 rings (SSSR count). The van der Waals surface area contributed by atoms with E-state index in [-0.39, 0.29) is 11.5 Å². The number of nitrogens with one attached hydrogen (secondary N) is 1. The second-order valence-electron chi connectivity index (χ2n) is 4.82. The number of nitrogens with two attached hydrogens (primary N) is 1. The van der Waals surface area contributed by atoms with Crippen LogP contribution in [0.1, 0.15) is 23.5 Å². The van der Waals surface area contributed by atoms with Crippen molar-refractivity contribution < 1.29 is 9.53 Å². The third-order valence-electron chi connectivity index (χ3n) is 2.77. The molecule has 0 spiro atoms. The fraction of sp³-hybridized carbons (Fsp3) is 0.636. The second-order valence-corrected chi connectivity index (χ2v) is 5.82. The summed E-state index contributed by atoms with van der Waals surface area (Å²) in [5.74, 6) is 0.224. The van der Waals surface area contributed by atoms with Crippen molar-refractivity contribution in [3.63, 3.8) is 0 Å². The third-order valence-corrected chi connectivity index (χ3v) is 3.85. The molecular formula is C11H18N4O2S. The van der Waals surface area contributed by atoms with E-state index in [1.165, 1.54) is 11.3 Å². The van der Waals surface area contributed by atoms with Crippen molar-refractivity contribution in [3.8, 4) is 0 Å². The molecule has 0 aromatic carbocycles. The van der Waals surface area contributed by atoms with E-state index in [1.54, 1.807) is 11.9 Å². The van der Waals surface area contributed by atoms with Crippen LogP contribution < -0.4 is 11.1 Å². The van der Waals surface area contributed by atoms with E-state index < -0.39 is 0 Å². The lowest BCUT2D eigenvalue weighted by Gasteiger charge is -2.37. The minimum Gasteiger partial charge on any atom is -0.382 e. The van der Waals surface area contributed by atoms with Crippen molar-refractivity contribution in [2.75, 3.05) is 37.8 Å². The van der Waals surface area contributed by atoms with Crippen molar-refractivity contribution >= 4 is 28.2 Å². The molecule has 0 aliphatic carbocycles. The van der Waals surface area contributed by atoms with Crippen LogP contribution in [-0.4, -0.2) is 48.1 Å². The van der Waals surface area contributed by atoms with Crippen molar-refractivity contribution in [2.45, 2.75) is 19.4 Å².